The van der Waals surface area contributed by atoms with Gasteiger partial charge in [-0.05, 0) is 6.07 Å². The van der Waals surface area contributed by atoms with Gasteiger partial charge in [-0.2, -0.15) is 0 Å². The van der Waals surface area contributed by atoms with Crippen LogP contribution in [0.3, 0.4) is 0 Å². The molecule has 1 aliphatic rings. The van der Waals surface area contributed by atoms with Crippen LogP contribution in [0, 0.1) is 10.1 Å². The highest BCUT2D eigenvalue weighted by molar-refractivity contribution is 5.70. The third kappa shape index (κ3) is 2.48. The number of hydrogen-bond acceptors (Lipinski definition) is 4. The summed E-state index contributed by atoms with van der Waals surface area (Å²) in [5.41, 5.74) is 1.62. The van der Waals surface area contributed by atoms with E-state index < -0.39 is 11.0 Å². The van der Waals surface area contributed by atoms with Crippen LogP contribution in [0.1, 0.15) is 11.6 Å². The molecule has 7 nitrogen and oxygen atoms in total. The Hall–Kier alpha value is -2.96. The zero-order chi connectivity index (χ0) is 15.7. The van der Waals surface area contributed by atoms with Crippen molar-refractivity contribution in [2.24, 2.45) is 0 Å². The Morgan fingerprint density at radius 1 is 1.23 bits per heavy atom. The first kappa shape index (κ1) is 14.0. The summed E-state index contributed by atoms with van der Waals surface area (Å²) < 4.78 is 0. The number of rotatable bonds is 3. The fraction of sp³-hybridized carbons (Fsp3) is 0.200. The zero-order valence-corrected chi connectivity index (χ0v) is 11.5. The normalized spacial score (nSPS) is 14.5. The van der Waals surface area contributed by atoms with E-state index in [-0.39, 0.29) is 11.6 Å². The van der Waals surface area contributed by atoms with Crippen LogP contribution in [-0.2, 0) is 0 Å². The lowest BCUT2D eigenvalue weighted by molar-refractivity contribution is -0.384. The largest absolute Gasteiger partial charge is 0.465 e. The molecule has 0 atom stereocenters. The van der Waals surface area contributed by atoms with E-state index in [4.69, 9.17) is 5.11 Å². The molecule has 0 spiro atoms. The second kappa shape index (κ2) is 5.44. The molecule has 2 heterocycles. The second-order valence-electron chi connectivity index (χ2n) is 5.11. The van der Waals surface area contributed by atoms with Crippen LogP contribution in [0.5, 0.6) is 0 Å². The van der Waals surface area contributed by atoms with Gasteiger partial charge in [0.15, 0.2) is 0 Å². The van der Waals surface area contributed by atoms with Crippen LogP contribution >= 0.6 is 0 Å². The molecule has 22 heavy (non-hydrogen) atoms. The van der Waals surface area contributed by atoms with E-state index in [2.05, 4.69) is 4.98 Å². The molecule has 7 heteroatoms. The lowest BCUT2D eigenvalue weighted by atomic mass is 9.95. The van der Waals surface area contributed by atoms with Crippen molar-refractivity contribution in [1.29, 1.82) is 0 Å². The van der Waals surface area contributed by atoms with Gasteiger partial charge in [0.2, 0.25) is 0 Å². The summed E-state index contributed by atoms with van der Waals surface area (Å²) >= 11 is 0. The number of likely N-dealkylation sites (tertiary alicyclic amines) is 1. The molecular weight excluding hydrogens is 286 g/mol. The number of aromatic nitrogens is 1. The molecule has 1 aromatic carbocycles. The zero-order valence-electron chi connectivity index (χ0n) is 11.5. The number of carbonyl (C=O) groups is 1. The summed E-state index contributed by atoms with van der Waals surface area (Å²) in [6, 6.07) is 12.0. The van der Waals surface area contributed by atoms with Gasteiger partial charge in [0.05, 0.1) is 4.92 Å². The molecule has 1 saturated heterocycles. The molecule has 0 aliphatic carbocycles. The topological polar surface area (TPSA) is 96.6 Å². The van der Waals surface area contributed by atoms with Crippen LogP contribution in [0.25, 0.3) is 11.3 Å². The van der Waals surface area contributed by atoms with Crippen LogP contribution in [0.2, 0.25) is 0 Å². The van der Waals surface area contributed by atoms with Gasteiger partial charge in [0, 0.05) is 36.3 Å². The van der Waals surface area contributed by atoms with Gasteiger partial charge in [-0.1, -0.05) is 30.3 Å². The summed E-state index contributed by atoms with van der Waals surface area (Å²) in [4.78, 5) is 27.2. The van der Waals surface area contributed by atoms with Gasteiger partial charge in [-0.3, -0.25) is 10.1 Å². The average molecular weight is 299 g/mol. The van der Waals surface area contributed by atoms with E-state index in [9.17, 15) is 14.9 Å². The maximum atomic E-state index is 11.2. The summed E-state index contributed by atoms with van der Waals surface area (Å²) in [5, 5.41) is 20.0. The van der Waals surface area contributed by atoms with E-state index in [1.54, 1.807) is 30.3 Å². The van der Waals surface area contributed by atoms with Crippen molar-refractivity contribution in [1.82, 2.24) is 9.88 Å². The highest BCUT2D eigenvalue weighted by Gasteiger charge is 2.33. The van der Waals surface area contributed by atoms with Crippen molar-refractivity contribution in [2.75, 3.05) is 13.1 Å². The number of nitro groups is 1. The molecule has 0 unspecified atom stereocenters. The molecule has 112 valence electrons. The quantitative estimate of drug-likeness (QED) is 0.694. The first-order chi connectivity index (χ1) is 10.6. The predicted octanol–water partition coefficient (Wildman–Crippen LogP) is 2.73. The number of nitrogens with zero attached hydrogens (tertiary/aromatic N) is 3. The summed E-state index contributed by atoms with van der Waals surface area (Å²) in [6.07, 6.45) is -0.957. The van der Waals surface area contributed by atoms with Crippen molar-refractivity contribution >= 4 is 11.8 Å². The molecule has 2 aromatic rings. The molecule has 0 bridgehead atoms. The molecule has 1 fully saturated rings. The van der Waals surface area contributed by atoms with Crippen molar-refractivity contribution in [3.8, 4) is 11.3 Å². The van der Waals surface area contributed by atoms with E-state index in [1.807, 2.05) is 6.07 Å². The lowest BCUT2D eigenvalue weighted by Gasteiger charge is -2.36. The number of benzene rings is 1. The minimum atomic E-state index is -0.957. The second-order valence-corrected chi connectivity index (χ2v) is 5.11. The average Bonchev–Trinajstić information content (AvgIpc) is 2.46. The third-order valence-corrected chi connectivity index (χ3v) is 3.71. The standard InChI is InChI=1S/C15H13N3O4/c19-15(20)17-8-11(9-17)12-6-7-13(18(21)22)14(16-12)10-4-2-1-3-5-10/h1-7,11H,8-9H2,(H,19,20). The van der Waals surface area contributed by atoms with Crippen molar-refractivity contribution in [3.05, 3.63) is 58.3 Å². The number of hydrogen-bond donors (Lipinski definition) is 1. The van der Waals surface area contributed by atoms with Crippen molar-refractivity contribution in [2.45, 2.75) is 5.92 Å². The van der Waals surface area contributed by atoms with Crippen LogP contribution in [0.15, 0.2) is 42.5 Å². The van der Waals surface area contributed by atoms with Crippen molar-refractivity contribution < 1.29 is 14.8 Å². The van der Waals surface area contributed by atoms with Crippen LogP contribution in [-0.4, -0.2) is 39.1 Å². The molecule has 1 N–H and O–H groups in total. The highest BCUT2D eigenvalue weighted by Crippen LogP contribution is 2.32. The van der Waals surface area contributed by atoms with E-state index >= 15 is 0 Å². The molecule has 1 aliphatic heterocycles. The van der Waals surface area contributed by atoms with E-state index in [1.165, 1.54) is 11.0 Å². The maximum Gasteiger partial charge on any atom is 0.407 e. The Balaban J connectivity index is 1.95. The van der Waals surface area contributed by atoms with Crippen LogP contribution < -0.4 is 0 Å². The molecule has 0 radical (unpaired) electrons. The van der Waals surface area contributed by atoms with Gasteiger partial charge < -0.3 is 10.0 Å². The lowest BCUT2D eigenvalue weighted by Crippen LogP contribution is -2.48. The Morgan fingerprint density at radius 2 is 1.91 bits per heavy atom. The maximum absolute atomic E-state index is 11.2. The van der Waals surface area contributed by atoms with Gasteiger partial charge in [0.25, 0.3) is 5.69 Å². The summed E-state index contributed by atoms with van der Waals surface area (Å²) in [6.45, 7) is 0.739. The first-order valence-corrected chi connectivity index (χ1v) is 6.75. The fourth-order valence-electron chi connectivity index (χ4n) is 2.47. The highest BCUT2D eigenvalue weighted by atomic mass is 16.6. The fourth-order valence-corrected chi connectivity index (χ4v) is 2.47. The summed E-state index contributed by atoms with van der Waals surface area (Å²) in [7, 11) is 0. The van der Waals surface area contributed by atoms with Gasteiger partial charge in [0.1, 0.15) is 5.69 Å². The Kier molecular flexibility index (Phi) is 3.46. The van der Waals surface area contributed by atoms with Crippen LogP contribution in [0.4, 0.5) is 10.5 Å². The summed E-state index contributed by atoms with van der Waals surface area (Å²) in [5.74, 6) is -0.0145. The Labute approximate surface area is 126 Å². The molecular formula is C15H13N3O4. The number of carboxylic acid groups (broad SMARTS) is 1. The van der Waals surface area contributed by atoms with Gasteiger partial charge in [-0.25, -0.2) is 9.78 Å². The Morgan fingerprint density at radius 3 is 2.50 bits per heavy atom. The van der Waals surface area contributed by atoms with Gasteiger partial charge >= 0.3 is 6.09 Å². The van der Waals surface area contributed by atoms with E-state index in [0.29, 0.717) is 30.0 Å². The number of amides is 1. The third-order valence-electron chi connectivity index (χ3n) is 3.71. The number of pyridine rings is 1. The Bertz CT molecular complexity index is 727. The van der Waals surface area contributed by atoms with Crippen molar-refractivity contribution in [3.63, 3.8) is 0 Å². The van der Waals surface area contributed by atoms with Gasteiger partial charge in [-0.15, -0.1) is 0 Å². The monoisotopic (exact) mass is 299 g/mol. The minimum Gasteiger partial charge on any atom is -0.465 e. The molecule has 0 saturated carbocycles. The molecule has 1 amide bonds. The predicted molar refractivity (Wildman–Crippen MR) is 78.7 cm³/mol. The molecule has 1 aromatic heterocycles. The first-order valence-electron chi connectivity index (χ1n) is 6.75. The molecule has 3 rings (SSSR count). The smallest absolute Gasteiger partial charge is 0.407 e. The van der Waals surface area contributed by atoms with E-state index in [0.717, 1.165) is 0 Å². The minimum absolute atomic E-state index is 0.0145. The SMILES string of the molecule is O=C(O)N1CC(c2ccc([N+](=O)[O-])c(-c3ccccc3)n2)C1.